The molecule has 17 rings (SSSR count). The minimum atomic E-state index is 0.0878. The lowest BCUT2D eigenvalue weighted by Gasteiger charge is -2.30. The number of fused-ring (bicyclic) bond motifs is 9. The minimum absolute atomic E-state index is 0.0878. The van der Waals surface area contributed by atoms with E-state index in [1.165, 1.54) is 94.5 Å². The number of nitrogens with zero attached hydrogens (tertiary/aromatic N) is 12. The molecule has 18 heteroatoms. The van der Waals surface area contributed by atoms with Gasteiger partial charge in [0.25, 0.3) is 0 Å². The molecular weight excluding hydrogens is 1100 g/mol. The second-order valence-electron chi connectivity index (χ2n) is 27.5. The maximum absolute atomic E-state index is 13.3. The van der Waals surface area contributed by atoms with Crippen LogP contribution in [0, 0.1) is 35.5 Å². The summed E-state index contributed by atoms with van der Waals surface area (Å²) >= 11 is 0. The lowest BCUT2D eigenvalue weighted by Crippen LogP contribution is -2.41. The predicted molar refractivity (Wildman–Crippen MR) is 340 cm³/mol. The molecule has 458 valence electrons. The minimum Gasteiger partial charge on any atom is -0.346 e. The van der Waals surface area contributed by atoms with E-state index in [2.05, 4.69) is 132 Å². The van der Waals surface area contributed by atoms with Gasteiger partial charge in [0.1, 0.15) is 0 Å². The number of nitrogens with one attached hydrogen (secondary N) is 3. The molecule has 8 fully saturated rings. The fraction of sp³-hybridized carbons (Fsp3) is 0.529. The summed E-state index contributed by atoms with van der Waals surface area (Å²) < 4.78 is 7.00. The van der Waals surface area contributed by atoms with Crippen LogP contribution < -0.4 is 0 Å². The van der Waals surface area contributed by atoms with Gasteiger partial charge in [0.2, 0.25) is 17.7 Å². The summed E-state index contributed by atoms with van der Waals surface area (Å²) in [6, 6.07) is 21.6. The van der Waals surface area contributed by atoms with Crippen LogP contribution in [0.2, 0.25) is 0 Å². The number of rotatable bonds is 13. The summed E-state index contributed by atoms with van der Waals surface area (Å²) in [6.45, 7) is 6.94. The van der Waals surface area contributed by atoms with Crippen LogP contribution in [0.15, 0.2) is 110 Å². The maximum Gasteiger partial charge on any atom is 0.226 e. The Morgan fingerprint density at radius 3 is 1.28 bits per heavy atom. The van der Waals surface area contributed by atoms with Crippen molar-refractivity contribution in [1.29, 1.82) is 0 Å². The highest BCUT2D eigenvalue weighted by atomic mass is 16.2. The number of carbonyl (C=O) groups is 3. The van der Waals surface area contributed by atoms with Gasteiger partial charge in [0.05, 0.1) is 68.8 Å². The summed E-state index contributed by atoms with van der Waals surface area (Å²) in [7, 11) is 0. The van der Waals surface area contributed by atoms with E-state index in [9.17, 15) is 14.4 Å². The first-order valence-electron chi connectivity index (χ1n) is 33.5. The van der Waals surface area contributed by atoms with Crippen LogP contribution in [0.3, 0.4) is 0 Å². The molecule has 9 aromatic heterocycles. The summed E-state index contributed by atoms with van der Waals surface area (Å²) in [5.41, 5.74) is 12.4. The number of hydrogen-bond donors (Lipinski definition) is 3. The molecule has 18 nitrogen and oxygen atoms in total. The Morgan fingerprint density at radius 2 is 0.864 bits per heavy atom. The Kier molecular flexibility index (Phi) is 15.6. The summed E-state index contributed by atoms with van der Waals surface area (Å²) in [5, 5.41) is 20.6. The van der Waals surface area contributed by atoms with Gasteiger partial charge in [-0.15, -0.1) is 0 Å². The topological polar surface area (TPSA) is 200 Å². The molecule has 3 N–H and O–H groups in total. The molecule has 88 heavy (non-hydrogen) atoms. The predicted octanol–water partition coefficient (Wildman–Crippen LogP) is 12.6. The number of H-pyrrole nitrogens is 3. The Hall–Kier alpha value is -7.89. The van der Waals surface area contributed by atoms with Crippen LogP contribution in [-0.2, 0) is 34.0 Å². The van der Waals surface area contributed by atoms with Crippen LogP contribution in [0.1, 0.15) is 142 Å². The van der Waals surface area contributed by atoms with E-state index in [1.54, 1.807) is 18.6 Å². The van der Waals surface area contributed by atoms with Crippen molar-refractivity contribution >= 4 is 50.8 Å². The first-order valence-corrected chi connectivity index (χ1v) is 33.5. The van der Waals surface area contributed by atoms with E-state index in [0.29, 0.717) is 83.6 Å². The van der Waals surface area contributed by atoms with Gasteiger partial charge < -0.3 is 28.4 Å². The Bertz CT molecular complexity index is 3880. The summed E-state index contributed by atoms with van der Waals surface area (Å²) in [6.07, 6.45) is 41.2. The van der Waals surface area contributed by atoms with Gasteiger partial charge in [0.15, 0.2) is 0 Å². The van der Waals surface area contributed by atoms with Gasteiger partial charge in [0, 0.05) is 128 Å². The third kappa shape index (κ3) is 10.9. The SMILES string of the molecule is CC(C)C(=O)N1C2CCC1C(Cn1ccc3nc(-c4cn[nH]c4)ccc31)C2.O=C(C1CCCCC1)N1C2CCC1C(Cn1ccc3nc(-c4cn[nH]c4)ccc31)C2.O=C(CC1CCCCC1)N1C2CCC1C(Cn1ccc3nc(-c4cn[nH]c4)ccc31)C2. The Labute approximate surface area is 514 Å². The van der Waals surface area contributed by atoms with Crippen LogP contribution in [0.4, 0.5) is 0 Å². The van der Waals surface area contributed by atoms with E-state index in [1.807, 2.05) is 32.4 Å². The molecule has 3 amide bonds. The number of pyridine rings is 3. The van der Waals surface area contributed by atoms with Gasteiger partial charge in [-0.25, -0.2) is 15.0 Å². The molecule has 6 bridgehead atoms. The fourth-order valence-electron chi connectivity index (χ4n) is 17.7. The first-order chi connectivity index (χ1) is 43.1. The highest BCUT2D eigenvalue weighted by Crippen LogP contribution is 2.47. The highest BCUT2D eigenvalue weighted by Gasteiger charge is 2.51. The van der Waals surface area contributed by atoms with Crippen LogP contribution in [0.25, 0.3) is 66.9 Å². The summed E-state index contributed by atoms with van der Waals surface area (Å²) in [4.78, 5) is 60.3. The number of carbonyl (C=O) groups excluding carboxylic acids is 3. The van der Waals surface area contributed by atoms with Crippen molar-refractivity contribution in [1.82, 2.24) is 73.9 Å². The lowest BCUT2D eigenvalue weighted by atomic mass is 9.86. The molecule has 2 aliphatic carbocycles. The van der Waals surface area contributed by atoms with Crippen molar-refractivity contribution in [2.45, 2.75) is 198 Å². The zero-order chi connectivity index (χ0) is 59.4. The third-order valence-electron chi connectivity index (χ3n) is 22.0. The van der Waals surface area contributed by atoms with Gasteiger partial charge >= 0.3 is 0 Å². The number of aromatic nitrogens is 12. The molecule has 6 saturated heterocycles. The zero-order valence-electron chi connectivity index (χ0n) is 51.2. The maximum atomic E-state index is 13.3. The van der Waals surface area contributed by atoms with Gasteiger partial charge in [-0.05, 0) is 162 Å². The van der Waals surface area contributed by atoms with E-state index in [0.717, 1.165) is 120 Å². The first kappa shape index (κ1) is 56.6. The van der Waals surface area contributed by atoms with E-state index in [-0.39, 0.29) is 5.92 Å². The molecule has 9 aromatic rings. The van der Waals surface area contributed by atoms with Crippen molar-refractivity contribution in [2.24, 2.45) is 35.5 Å². The number of aromatic amines is 3. The molecule has 6 aliphatic heterocycles. The molecule has 0 spiro atoms. The van der Waals surface area contributed by atoms with E-state index in [4.69, 9.17) is 15.0 Å². The lowest BCUT2D eigenvalue weighted by molar-refractivity contribution is -0.138. The molecule has 9 unspecified atom stereocenters. The van der Waals surface area contributed by atoms with Crippen molar-refractivity contribution in [3.63, 3.8) is 0 Å². The average Bonchev–Trinajstić information content (AvgIpc) is 1.93. The standard InChI is InChI=1S/C25H31N5O.C24H29N5O.C21H25N5O/c31-25(12-17-4-2-1-3-5-17)30-20-6-8-23(30)18(13-20)16-29-11-10-22-24(29)9-7-21(28-22)19-14-26-27-15-19;30-24(16-4-2-1-3-5-16)29-19-6-8-22(29)17(12-19)15-28-11-10-21-23(28)9-7-20(27-21)18-13-25-26-14-18;1-13(2)21(27)26-16-3-5-19(26)14(9-16)12-25-8-7-18-20(25)6-4-17(24-18)15-10-22-23-11-15/h7,9-11,14-15,17-18,20,23H,1-6,8,12-13,16H2,(H,26,27);7,9-11,13-14,16-17,19,22H,1-6,8,12,15H2,(H,25,26);4,6-8,10-11,13-14,16,19H,3,5,9,12H2,1-2H3,(H,22,23). The van der Waals surface area contributed by atoms with Gasteiger partial charge in [-0.1, -0.05) is 52.4 Å². The Morgan fingerprint density at radius 1 is 0.466 bits per heavy atom. The monoisotopic (exact) mass is 1180 g/mol. The molecule has 0 aromatic carbocycles. The molecule has 8 aliphatic rings. The van der Waals surface area contributed by atoms with Gasteiger partial charge in [-0.3, -0.25) is 29.7 Å². The van der Waals surface area contributed by atoms with Crippen LogP contribution in [-0.4, -0.2) is 128 Å². The molecule has 2 saturated carbocycles. The Balaban J connectivity index is 0.000000111. The fourth-order valence-corrected chi connectivity index (χ4v) is 17.7. The molecule has 15 heterocycles. The number of hydrogen-bond acceptors (Lipinski definition) is 9. The zero-order valence-corrected chi connectivity index (χ0v) is 51.2. The van der Waals surface area contributed by atoms with Crippen molar-refractivity contribution < 1.29 is 14.4 Å². The highest BCUT2D eigenvalue weighted by molar-refractivity contribution is 5.83. The van der Waals surface area contributed by atoms with E-state index >= 15 is 0 Å². The van der Waals surface area contributed by atoms with Crippen molar-refractivity contribution in [3.8, 4) is 33.8 Å². The van der Waals surface area contributed by atoms with Gasteiger partial charge in [-0.2, -0.15) is 15.3 Å². The average molecular weight is 1180 g/mol. The largest absolute Gasteiger partial charge is 0.346 e. The summed E-state index contributed by atoms with van der Waals surface area (Å²) in [5.74, 6) is 3.88. The normalized spacial score (nSPS) is 25.8. The van der Waals surface area contributed by atoms with Crippen LogP contribution in [0.5, 0.6) is 0 Å². The quantitative estimate of drug-likeness (QED) is 0.100. The van der Waals surface area contributed by atoms with Crippen molar-refractivity contribution in [3.05, 3.63) is 110 Å². The second-order valence-corrected chi connectivity index (χ2v) is 27.5. The molecule has 9 atom stereocenters. The smallest absolute Gasteiger partial charge is 0.226 e. The molecular formula is C70H85N15O3. The van der Waals surface area contributed by atoms with Crippen LogP contribution >= 0.6 is 0 Å². The van der Waals surface area contributed by atoms with E-state index < -0.39 is 0 Å². The number of amides is 3. The third-order valence-corrected chi connectivity index (χ3v) is 22.0. The molecule has 0 radical (unpaired) electrons. The van der Waals surface area contributed by atoms with Crippen molar-refractivity contribution in [2.75, 3.05) is 0 Å². The second kappa shape index (κ2) is 24.2.